The molecule has 3 heterocycles. The minimum atomic E-state index is -0.492. The van der Waals surface area contributed by atoms with Crippen molar-refractivity contribution in [3.05, 3.63) is 29.9 Å². The molecular weight excluding hydrogens is 353 g/mol. The normalized spacial score (nSPS) is 15.6. The highest BCUT2D eigenvalue weighted by Gasteiger charge is 2.29. The van der Waals surface area contributed by atoms with Gasteiger partial charge in [-0.2, -0.15) is 5.10 Å². The van der Waals surface area contributed by atoms with Crippen LogP contribution in [0.25, 0.3) is 0 Å². The summed E-state index contributed by atoms with van der Waals surface area (Å²) in [5.41, 5.74) is -0.492. The highest BCUT2D eigenvalue weighted by molar-refractivity contribution is 5.68. The van der Waals surface area contributed by atoms with Gasteiger partial charge < -0.3 is 15.0 Å². The Labute approximate surface area is 156 Å². The summed E-state index contributed by atoms with van der Waals surface area (Å²) in [7, 11) is 0. The zero-order chi connectivity index (χ0) is 19.4. The van der Waals surface area contributed by atoms with Crippen LogP contribution in [0.1, 0.15) is 51.2 Å². The van der Waals surface area contributed by atoms with E-state index in [4.69, 9.17) is 4.74 Å². The lowest BCUT2D eigenvalue weighted by Gasteiger charge is -2.32. The number of H-pyrrole nitrogens is 1. The van der Waals surface area contributed by atoms with Gasteiger partial charge in [0.25, 0.3) is 0 Å². The molecule has 1 fully saturated rings. The van der Waals surface area contributed by atoms with Crippen LogP contribution in [-0.4, -0.2) is 54.8 Å². The first-order valence-electron chi connectivity index (χ1n) is 8.91. The fourth-order valence-electron chi connectivity index (χ4n) is 2.78. The van der Waals surface area contributed by atoms with E-state index in [0.717, 1.165) is 31.1 Å². The summed E-state index contributed by atoms with van der Waals surface area (Å²) in [4.78, 5) is 26.0. The Morgan fingerprint density at radius 1 is 1.33 bits per heavy atom. The predicted molar refractivity (Wildman–Crippen MR) is 95.5 cm³/mol. The zero-order valence-electron chi connectivity index (χ0n) is 15.7. The molecule has 0 aromatic carbocycles. The van der Waals surface area contributed by atoms with Gasteiger partial charge in [-0.05, 0) is 33.6 Å². The Morgan fingerprint density at radius 2 is 2.00 bits per heavy atom. The number of nitrogens with zero attached hydrogens (tertiary/aromatic N) is 5. The van der Waals surface area contributed by atoms with Crippen molar-refractivity contribution in [2.75, 3.05) is 18.4 Å². The molecule has 0 spiro atoms. The highest BCUT2D eigenvalue weighted by Crippen LogP contribution is 2.26. The summed E-state index contributed by atoms with van der Waals surface area (Å²) in [6.45, 7) is 7.17. The van der Waals surface area contributed by atoms with Crippen LogP contribution in [0.2, 0.25) is 0 Å². The van der Waals surface area contributed by atoms with E-state index in [-0.39, 0.29) is 12.0 Å². The zero-order valence-corrected chi connectivity index (χ0v) is 15.7. The number of carbonyl (C=O) groups excluding carboxylic acids is 1. The van der Waals surface area contributed by atoms with Gasteiger partial charge in [0.05, 0.1) is 18.9 Å². The van der Waals surface area contributed by atoms with Crippen LogP contribution in [0, 0.1) is 5.82 Å². The lowest BCUT2D eigenvalue weighted by atomic mass is 9.96. The maximum atomic E-state index is 12.8. The molecule has 0 unspecified atom stereocenters. The second kappa shape index (κ2) is 7.85. The Balaban J connectivity index is 1.49. The van der Waals surface area contributed by atoms with Crippen molar-refractivity contribution >= 4 is 12.0 Å². The van der Waals surface area contributed by atoms with Crippen LogP contribution in [0.3, 0.4) is 0 Å². The van der Waals surface area contributed by atoms with E-state index in [0.29, 0.717) is 31.4 Å². The fourth-order valence-corrected chi connectivity index (χ4v) is 2.78. The van der Waals surface area contributed by atoms with Crippen molar-refractivity contribution in [3.8, 4) is 0 Å². The van der Waals surface area contributed by atoms with Crippen molar-refractivity contribution in [2.24, 2.45) is 0 Å². The molecule has 3 rings (SSSR count). The Kier molecular flexibility index (Phi) is 5.52. The summed E-state index contributed by atoms with van der Waals surface area (Å²) < 4.78 is 18.2. The first-order chi connectivity index (χ1) is 12.8. The van der Waals surface area contributed by atoms with Gasteiger partial charge in [0, 0.05) is 19.0 Å². The number of hydrogen-bond acceptors (Lipinski definition) is 7. The third-order valence-corrected chi connectivity index (χ3v) is 4.10. The second-order valence-electron chi connectivity index (χ2n) is 7.46. The lowest BCUT2D eigenvalue weighted by Crippen LogP contribution is -2.41. The minimum absolute atomic E-state index is 0.191. The van der Waals surface area contributed by atoms with E-state index < -0.39 is 11.4 Å². The molecule has 0 radical (unpaired) electrons. The number of rotatable bonds is 4. The van der Waals surface area contributed by atoms with Gasteiger partial charge >= 0.3 is 6.09 Å². The molecule has 0 saturated carbocycles. The van der Waals surface area contributed by atoms with Gasteiger partial charge in [0.15, 0.2) is 11.6 Å². The molecular formula is C17H24FN7O2. The van der Waals surface area contributed by atoms with E-state index in [1.54, 1.807) is 4.90 Å². The Hall–Kier alpha value is -2.78. The van der Waals surface area contributed by atoms with Gasteiger partial charge in [-0.3, -0.25) is 5.10 Å². The first-order valence-corrected chi connectivity index (χ1v) is 8.91. The van der Waals surface area contributed by atoms with Crippen LogP contribution < -0.4 is 5.32 Å². The SMILES string of the molecule is CC(C)(C)OC(=O)N1CCC(c2n[nH]c(CNc3ncc(F)cn3)n2)CC1. The summed E-state index contributed by atoms with van der Waals surface area (Å²) >= 11 is 0. The number of likely N-dealkylation sites (tertiary alicyclic amines) is 1. The number of ether oxygens (including phenoxy) is 1. The minimum Gasteiger partial charge on any atom is -0.444 e. The number of amides is 1. The average Bonchev–Trinajstić information content (AvgIpc) is 3.09. The number of carbonyl (C=O) groups is 1. The van der Waals surface area contributed by atoms with Crippen molar-refractivity contribution < 1.29 is 13.9 Å². The molecule has 1 saturated heterocycles. The summed E-state index contributed by atoms with van der Waals surface area (Å²) in [6, 6.07) is 0. The van der Waals surface area contributed by atoms with Crippen molar-refractivity contribution in [1.82, 2.24) is 30.0 Å². The van der Waals surface area contributed by atoms with Gasteiger partial charge in [-0.25, -0.2) is 24.1 Å². The van der Waals surface area contributed by atoms with E-state index in [1.807, 2.05) is 20.8 Å². The predicted octanol–water partition coefficient (Wildman–Crippen LogP) is 2.46. The average molecular weight is 377 g/mol. The van der Waals surface area contributed by atoms with Crippen LogP contribution in [0.5, 0.6) is 0 Å². The third-order valence-electron chi connectivity index (χ3n) is 4.10. The van der Waals surface area contributed by atoms with Gasteiger partial charge in [-0.15, -0.1) is 0 Å². The summed E-state index contributed by atoms with van der Waals surface area (Å²) in [5.74, 6) is 1.40. The molecule has 1 aliphatic rings. The molecule has 1 aliphatic heterocycles. The third kappa shape index (κ3) is 5.35. The number of aromatic amines is 1. The van der Waals surface area contributed by atoms with Crippen LogP contribution in [0.4, 0.5) is 15.1 Å². The largest absolute Gasteiger partial charge is 0.444 e. The fraction of sp³-hybridized carbons (Fsp3) is 0.588. The number of nitrogens with one attached hydrogen (secondary N) is 2. The van der Waals surface area contributed by atoms with Gasteiger partial charge in [0.2, 0.25) is 5.95 Å². The second-order valence-corrected chi connectivity index (χ2v) is 7.46. The number of aromatic nitrogens is 5. The van der Waals surface area contributed by atoms with Gasteiger partial charge in [0.1, 0.15) is 11.4 Å². The maximum Gasteiger partial charge on any atom is 0.410 e. The van der Waals surface area contributed by atoms with E-state index in [2.05, 4.69) is 30.5 Å². The topological polar surface area (TPSA) is 109 Å². The molecule has 0 atom stereocenters. The number of hydrogen-bond donors (Lipinski definition) is 2. The Bertz CT molecular complexity index is 764. The first kappa shape index (κ1) is 19.0. The quantitative estimate of drug-likeness (QED) is 0.842. The monoisotopic (exact) mass is 377 g/mol. The molecule has 2 aromatic heterocycles. The Morgan fingerprint density at radius 3 is 2.63 bits per heavy atom. The molecule has 1 amide bonds. The molecule has 0 aliphatic carbocycles. The molecule has 9 nitrogen and oxygen atoms in total. The van der Waals surface area contributed by atoms with Gasteiger partial charge in [-0.1, -0.05) is 0 Å². The van der Waals surface area contributed by atoms with Crippen LogP contribution in [-0.2, 0) is 11.3 Å². The molecule has 10 heteroatoms. The van der Waals surface area contributed by atoms with Crippen molar-refractivity contribution in [2.45, 2.75) is 51.7 Å². The molecule has 2 aromatic rings. The highest BCUT2D eigenvalue weighted by atomic mass is 19.1. The van der Waals surface area contributed by atoms with Crippen molar-refractivity contribution in [3.63, 3.8) is 0 Å². The summed E-state index contributed by atoms with van der Waals surface area (Å²) in [6.07, 6.45) is 3.48. The van der Waals surface area contributed by atoms with Crippen LogP contribution in [0.15, 0.2) is 12.4 Å². The maximum absolute atomic E-state index is 12.8. The van der Waals surface area contributed by atoms with Crippen molar-refractivity contribution in [1.29, 1.82) is 0 Å². The number of halogens is 1. The number of piperidine rings is 1. The van der Waals surface area contributed by atoms with E-state index >= 15 is 0 Å². The summed E-state index contributed by atoms with van der Waals surface area (Å²) in [5, 5.41) is 10.1. The van der Waals surface area contributed by atoms with E-state index in [9.17, 15) is 9.18 Å². The number of anilines is 1. The smallest absolute Gasteiger partial charge is 0.410 e. The standard InChI is InChI=1S/C17H24FN7O2/c1-17(2,3)27-16(26)25-6-4-11(5-7-25)14-22-13(23-24-14)10-21-15-19-8-12(18)9-20-15/h8-9,11H,4-7,10H2,1-3H3,(H,19,20,21)(H,22,23,24). The van der Waals surface area contributed by atoms with Crippen LogP contribution >= 0.6 is 0 Å². The van der Waals surface area contributed by atoms with E-state index in [1.165, 1.54) is 0 Å². The molecule has 0 bridgehead atoms. The lowest BCUT2D eigenvalue weighted by molar-refractivity contribution is 0.0203. The molecule has 146 valence electrons. The molecule has 2 N–H and O–H groups in total. The molecule has 27 heavy (non-hydrogen) atoms.